The number of anilines is 2. The Morgan fingerprint density at radius 1 is 0.895 bits per heavy atom. The summed E-state index contributed by atoms with van der Waals surface area (Å²) in [6, 6.07) is 7.56. The van der Waals surface area contributed by atoms with Crippen LogP contribution in [0.1, 0.15) is 0 Å². The second-order valence-corrected chi connectivity index (χ2v) is 6.15. The van der Waals surface area contributed by atoms with Crippen molar-refractivity contribution in [3.8, 4) is 0 Å². The lowest BCUT2D eigenvalue weighted by atomic mass is 10.3. The third-order valence-electron chi connectivity index (χ3n) is 2.06. The molecule has 7 heteroatoms. The fourth-order valence-corrected chi connectivity index (χ4v) is 2.49. The molecule has 0 aromatic heterocycles. The minimum absolute atomic E-state index is 0.321. The maximum Gasteiger partial charge on any atom is 0.139 e. The number of rotatable bonds is 0. The molecule has 0 unspecified atom stereocenters. The Balaban J connectivity index is 0.000000191. The van der Waals surface area contributed by atoms with Gasteiger partial charge in [-0.2, -0.15) is 0 Å². The average molecular weight is 506 g/mol. The summed E-state index contributed by atoms with van der Waals surface area (Å²) in [5.74, 6) is -0.645. The van der Waals surface area contributed by atoms with E-state index in [-0.39, 0.29) is 11.6 Å². The summed E-state index contributed by atoms with van der Waals surface area (Å²) in [4.78, 5) is 0. The van der Waals surface area contributed by atoms with E-state index in [9.17, 15) is 8.78 Å². The monoisotopic (exact) mass is 504 g/mol. The SMILES string of the molecule is Nc1c(I)ccc(F)c1Br.Nc1cccc(F)c1Br. The van der Waals surface area contributed by atoms with Gasteiger partial charge in [0, 0.05) is 9.26 Å². The zero-order chi connectivity index (χ0) is 14.6. The lowest BCUT2D eigenvalue weighted by molar-refractivity contribution is 0.621. The van der Waals surface area contributed by atoms with E-state index in [1.54, 1.807) is 18.2 Å². The third-order valence-corrected chi connectivity index (χ3v) is 4.64. The lowest BCUT2D eigenvalue weighted by Gasteiger charge is -2.00. The van der Waals surface area contributed by atoms with Crippen molar-refractivity contribution in [3.05, 3.63) is 54.5 Å². The lowest BCUT2D eigenvalue weighted by Crippen LogP contribution is -1.92. The molecule has 0 atom stereocenters. The zero-order valence-electron chi connectivity index (χ0n) is 9.43. The number of hydrogen-bond donors (Lipinski definition) is 2. The van der Waals surface area contributed by atoms with Crippen LogP contribution in [0.4, 0.5) is 20.2 Å². The highest BCUT2D eigenvalue weighted by atomic mass is 127. The highest BCUT2D eigenvalue weighted by Crippen LogP contribution is 2.27. The molecule has 19 heavy (non-hydrogen) atoms. The molecule has 0 amide bonds. The van der Waals surface area contributed by atoms with Crippen LogP contribution in [0.3, 0.4) is 0 Å². The summed E-state index contributed by atoms with van der Waals surface area (Å²) in [6.07, 6.45) is 0. The topological polar surface area (TPSA) is 52.0 Å². The van der Waals surface area contributed by atoms with E-state index in [0.29, 0.717) is 20.3 Å². The quantitative estimate of drug-likeness (QED) is 0.302. The summed E-state index contributed by atoms with van der Waals surface area (Å²) < 4.78 is 26.6. The molecule has 0 aliphatic carbocycles. The molecule has 0 bridgehead atoms. The van der Waals surface area contributed by atoms with Gasteiger partial charge in [0.1, 0.15) is 11.6 Å². The van der Waals surface area contributed by atoms with Crippen LogP contribution in [-0.2, 0) is 0 Å². The molecule has 0 spiro atoms. The van der Waals surface area contributed by atoms with Crippen molar-refractivity contribution in [1.82, 2.24) is 0 Å². The second-order valence-electron chi connectivity index (χ2n) is 3.40. The third kappa shape index (κ3) is 4.57. The van der Waals surface area contributed by atoms with E-state index in [4.69, 9.17) is 11.5 Å². The fraction of sp³-hybridized carbons (Fsp3) is 0. The molecule has 0 saturated carbocycles. The van der Waals surface area contributed by atoms with Gasteiger partial charge in [0.25, 0.3) is 0 Å². The van der Waals surface area contributed by atoms with Crippen LogP contribution in [0.2, 0.25) is 0 Å². The molecule has 0 saturated heterocycles. The summed E-state index contributed by atoms with van der Waals surface area (Å²) in [6.45, 7) is 0. The van der Waals surface area contributed by atoms with Gasteiger partial charge in [-0.15, -0.1) is 0 Å². The molecule has 0 aliphatic heterocycles. The van der Waals surface area contributed by atoms with Crippen molar-refractivity contribution < 1.29 is 8.78 Å². The smallest absolute Gasteiger partial charge is 0.139 e. The summed E-state index contributed by atoms with van der Waals surface area (Å²) in [5, 5.41) is 0. The first-order valence-electron chi connectivity index (χ1n) is 4.93. The van der Waals surface area contributed by atoms with Crippen LogP contribution in [0.5, 0.6) is 0 Å². The van der Waals surface area contributed by atoms with Gasteiger partial charge in [-0.1, -0.05) is 6.07 Å². The molecule has 2 nitrogen and oxygen atoms in total. The van der Waals surface area contributed by atoms with Crippen molar-refractivity contribution in [3.63, 3.8) is 0 Å². The van der Waals surface area contributed by atoms with E-state index in [0.717, 1.165) is 3.57 Å². The van der Waals surface area contributed by atoms with Crippen molar-refractivity contribution in [1.29, 1.82) is 0 Å². The van der Waals surface area contributed by atoms with E-state index in [1.165, 1.54) is 12.1 Å². The van der Waals surface area contributed by atoms with Crippen LogP contribution in [-0.4, -0.2) is 0 Å². The predicted octanol–water partition coefficient (Wildman–Crippen LogP) is 4.95. The van der Waals surface area contributed by atoms with Gasteiger partial charge < -0.3 is 11.5 Å². The highest BCUT2D eigenvalue weighted by Gasteiger charge is 2.04. The summed E-state index contributed by atoms with van der Waals surface area (Å²) in [5.41, 5.74) is 11.7. The average Bonchev–Trinajstić information content (AvgIpc) is 2.39. The van der Waals surface area contributed by atoms with Crippen LogP contribution >= 0.6 is 54.5 Å². The molecule has 2 rings (SSSR count). The minimum Gasteiger partial charge on any atom is -0.398 e. The summed E-state index contributed by atoms with van der Waals surface area (Å²) >= 11 is 8.05. The van der Waals surface area contributed by atoms with Crippen LogP contribution in [0.25, 0.3) is 0 Å². The van der Waals surface area contributed by atoms with Crippen LogP contribution in [0.15, 0.2) is 39.3 Å². The number of halogens is 5. The molecule has 0 aliphatic rings. The van der Waals surface area contributed by atoms with Crippen molar-refractivity contribution in [2.75, 3.05) is 11.5 Å². The first kappa shape index (κ1) is 16.6. The molecule has 4 N–H and O–H groups in total. The number of benzene rings is 2. The second kappa shape index (κ2) is 7.39. The Kier molecular flexibility index (Phi) is 6.48. The normalized spacial score (nSPS) is 9.74. The minimum atomic E-state index is -0.324. The Bertz CT molecular complexity index is 547. The van der Waals surface area contributed by atoms with Crippen LogP contribution in [0, 0.1) is 15.2 Å². The van der Waals surface area contributed by atoms with Crippen molar-refractivity contribution in [2.24, 2.45) is 0 Å². The molecule has 0 radical (unpaired) electrons. The first-order chi connectivity index (χ1) is 8.84. The number of hydrogen-bond acceptors (Lipinski definition) is 2. The van der Waals surface area contributed by atoms with E-state index in [1.807, 2.05) is 22.6 Å². The Morgan fingerprint density at radius 2 is 1.47 bits per heavy atom. The van der Waals surface area contributed by atoms with Gasteiger partial charge in [-0.25, -0.2) is 8.78 Å². The largest absolute Gasteiger partial charge is 0.398 e. The Morgan fingerprint density at radius 3 is 1.95 bits per heavy atom. The number of nitrogen functional groups attached to an aromatic ring is 2. The standard InChI is InChI=1S/C6H4BrFIN.C6H5BrFN/c7-5-3(8)1-2-4(9)6(5)10;7-6-4(8)2-1-3-5(6)9/h1-2H,10H2;1-3H,9H2. The molecule has 0 heterocycles. The highest BCUT2D eigenvalue weighted by molar-refractivity contribution is 14.1. The van der Waals surface area contributed by atoms with E-state index in [2.05, 4.69) is 31.9 Å². The van der Waals surface area contributed by atoms with Gasteiger partial charge in [-0.3, -0.25) is 0 Å². The first-order valence-corrected chi connectivity index (χ1v) is 7.59. The van der Waals surface area contributed by atoms with E-state index >= 15 is 0 Å². The number of nitrogens with two attached hydrogens (primary N) is 2. The zero-order valence-corrected chi connectivity index (χ0v) is 14.8. The maximum absolute atomic E-state index is 12.6. The molecular weight excluding hydrogens is 497 g/mol. The van der Waals surface area contributed by atoms with E-state index < -0.39 is 0 Å². The van der Waals surface area contributed by atoms with Gasteiger partial charge in [0.15, 0.2) is 0 Å². The maximum atomic E-state index is 12.6. The van der Waals surface area contributed by atoms with Gasteiger partial charge >= 0.3 is 0 Å². The molecule has 0 fully saturated rings. The molecule has 2 aromatic rings. The molecule has 2 aromatic carbocycles. The Hall–Kier alpha value is -0.410. The fourth-order valence-electron chi connectivity index (χ4n) is 1.06. The molecule has 102 valence electrons. The van der Waals surface area contributed by atoms with Crippen molar-refractivity contribution in [2.45, 2.75) is 0 Å². The predicted molar refractivity (Wildman–Crippen MR) is 89.7 cm³/mol. The van der Waals surface area contributed by atoms with Crippen molar-refractivity contribution >= 4 is 65.8 Å². The molecular formula is C12H9Br2F2IN2. The Labute approximate surface area is 140 Å². The van der Waals surface area contributed by atoms with Gasteiger partial charge in [0.2, 0.25) is 0 Å². The van der Waals surface area contributed by atoms with Gasteiger partial charge in [-0.05, 0) is 78.7 Å². The summed E-state index contributed by atoms with van der Waals surface area (Å²) in [7, 11) is 0. The van der Waals surface area contributed by atoms with Crippen LogP contribution < -0.4 is 11.5 Å². The van der Waals surface area contributed by atoms with Gasteiger partial charge in [0.05, 0.1) is 14.6 Å².